The van der Waals surface area contributed by atoms with Gasteiger partial charge in [0.15, 0.2) is 0 Å². The molecule has 2 N–H and O–H groups in total. The van der Waals surface area contributed by atoms with E-state index in [1.165, 1.54) is 0 Å². The van der Waals surface area contributed by atoms with Gasteiger partial charge in [0.25, 0.3) is 5.91 Å². The fraction of sp³-hybridized carbons (Fsp3) is 0.417. The Bertz CT molecular complexity index is 815. The molecule has 162 valence electrons. The highest BCUT2D eigenvalue weighted by atomic mass is 16.5. The Morgan fingerprint density at radius 2 is 1.70 bits per heavy atom. The van der Waals surface area contributed by atoms with Crippen molar-refractivity contribution < 1.29 is 14.3 Å². The number of rotatable bonds is 11. The highest BCUT2D eigenvalue weighted by Crippen LogP contribution is 2.18. The van der Waals surface area contributed by atoms with Crippen molar-refractivity contribution in [3.05, 3.63) is 54.1 Å². The number of nitrogens with zero attached hydrogens (tertiary/aromatic N) is 1. The van der Waals surface area contributed by atoms with Crippen LogP contribution in [0.4, 0.5) is 11.4 Å². The van der Waals surface area contributed by atoms with Gasteiger partial charge in [-0.1, -0.05) is 19.9 Å². The van der Waals surface area contributed by atoms with Crippen LogP contribution in [0.1, 0.15) is 44.5 Å². The smallest absolute Gasteiger partial charge is 0.253 e. The van der Waals surface area contributed by atoms with Gasteiger partial charge < -0.3 is 20.3 Å². The van der Waals surface area contributed by atoms with Gasteiger partial charge in [-0.15, -0.1) is 0 Å². The maximum Gasteiger partial charge on any atom is 0.253 e. The second-order valence-electron chi connectivity index (χ2n) is 7.52. The number of nitrogens with one attached hydrogen (secondary N) is 2. The molecule has 0 fully saturated rings. The van der Waals surface area contributed by atoms with Crippen LogP contribution in [-0.2, 0) is 4.79 Å². The average Bonchev–Trinajstić information content (AvgIpc) is 2.73. The molecule has 0 aliphatic heterocycles. The third-order valence-electron chi connectivity index (χ3n) is 4.72. The molecule has 6 nitrogen and oxygen atoms in total. The summed E-state index contributed by atoms with van der Waals surface area (Å²) >= 11 is 0. The van der Waals surface area contributed by atoms with Gasteiger partial charge in [-0.25, -0.2) is 0 Å². The van der Waals surface area contributed by atoms with E-state index in [2.05, 4.69) is 24.5 Å². The van der Waals surface area contributed by atoms with Crippen LogP contribution >= 0.6 is 0 Å². The summed E-state index contributed by atoms with van der Waals surface area (Å²) < 4.78 is 5.73. The predicted octanol–water partition coefficient (Wildman–Crippen LogP) is 4.64. The molecule has 2 rings (SSSR count). The lowest BCUT2D eigenvalue weighted by atomic mass is 10.1. The van der Waals surface area contributed by atoms with Crippen molar-refractivity contribution in [1.29, 1.82) is 0 Å². The minimum absolute atomic E-state index is 0.0137. The van der Waals surface area contributed by atoms with Crippen molar-refractivity contribution >= 4 is 23.2 Å². The van der Waals surface area contributed by atoms with Gasteiger partial charge in [-0.2, -0.15) is 0 Å². The Balaban J connectivity index is 1.84. The number of carbonyl (C=O) groups is 2. The zero-order valence-corrected chi connectivity index (χ0v) is 18.4. The van der Waals surface area contributed by atoms with Crippen LogP contribution in [0.5, 0.6) is 5.75 Å². The number of hydrogen-bond donors (Lipinski definition) is 2. The van der Waals surface area contributed by atoms with Crippen molar-refractivity contribution in [2.75, 3.05) is 36.9 Å². The first-order valence-corrected chi connectivity index (χ1v) is 10.6. The quantitative estimate of drug-likeness (QED) is 0.565. The van der Waals surface area contributed by atoms with Crippen LogP contribution in [-0.4, -0.2) is 43.0 Å². The van der Waals surface area contributed by atoms with Gasteiger partial charge in [-0.05, 0) is 62.6 Å². The van der Waals surface area contributed by atoms with Crippen LogP contribution in [0.25, 0.3) is 0 Å². The van der Waals surface area contributed by atoms with Gasteiger partial charge in [0.05, 0.1) is 13.2 Å². The van der Waals surface area contributed by atoms with E-state index in [0.29, 0.717) is 36.9 Å². The topological polar surface area (TPSA) is 70.7 Å². The largest absolute Gasteiger partial charge is 0.494 e. The van der Waals surface area contributed by atoms with Gasteiger partial charge in [0, 0.05) is 36.1 Å². The number of carbonyl (C=O) groups excluding carboxylic acids is 2. The van der Waals surface area contributed by atoms with Crippen LogP contribution in [0.15, 0.2) is 48.5 Å². The molecule has 0 unspecified atom stereocenters. The van der Waals surface area contributed by atoms with Crippen molar-refractivity contribution in [2.24, 2.45) is 5.92 Å². The lowest BCUT2D eigenvalue weighted by molar-refractivity contribution is -0.114. The Hall–Kier alpha value is -3.02. The molecule has 30 heavy (non-hydrogen) atoms. The summed E-state index contributed by atoms with van der Waals surface area (Å²) in [6, 6.07) is 14.6. The summed E-state index contributed by atoms with van der Waals surface area (Å²) in [5.74, 6) is 1.19. The summed E-state index contributed by atoms with van der Waals surface area (Å²) in [4.78, 5) is 26.4. The normalized spacial score (nSPS) is 10.6. The van der Waals surface area contributed by atoms with Gasteiger partial charge >= 0.3 is 0 Å². The SMILES string of the molecule is CCN(CC)C(=O)c1ccc(NCC(=O)Nc2cccc(OCCC(C)C)c2)cc1. The number of ether oxygens (including phenoxy) is 1. The Kier molecular flexibility index (Phi) is 9.19. The molecule has 0 aliphatic rings. The van der Waals surface area contributed by atoms with Gasteiger partial charge in [0.2, 0.25) is 5.91 Å². The zero-order chi connectivity index (χ0) is 21.9. The number of anilines is 2. The summed E-state index contributed by atoms with van der Waals surface area (Å²) in [6.45, 7) is 10.4. The lowest BCUT2D eigenvalue weighted by Crippen LogP contribution is -2.30. The lowest BCUT2D eigenvalue weighted by Gasteiger charge is -2.18. The third-order valence-corrected chi connectivity index (χ3v) is 4.72. The van der Waals surface area contributed by atoms with Crippen LogP contribution in [0.2, 0.25) is 0 Å². The predicted molar refractivity (Wildman–Crippen MR) is 122 cm³/mol. The van der Waals surface area contributed by atoms with E-state index in [0.717, 1.165) is 17.9 Å². The van der Waals surface area contributed by atoms with Crippen LogP contribution < -0.4 is 15.4 Å². The summed E-state index contributed by atoms with van der Waals surface area (Å²) in [5, 5.41) is 5.95. The summed E-state index contributed by atoms with van der Waals surface area (Å²) in [6.07, 6.45) is 0.986. The number of hydrogen-bond acceptors (Lipinski definition) is 4. The number of benzene rings is 2. The van der Waals surface area contributed by atoms with Crippen molar-refractivity contribution in [1.82, 2.24) is 4.90 Å². The monoisotopic (exact) mass is 411 g/mol. The minimum atomic E-state index is -0.155. The Morgan fingerprint density at radius 3 is 2.33 bits per heavy atom. The number of amides is 2. The summed E-state index contributed by atoms with van der Waals surface area (Å²) in [7, 11) is 0. The van der Waals surface area contributed by atoms with E-state index in [1.54, 1.807) is 17.0 Å². The maximum atomic E-state index is 12.3. The highest BCUT2D eigenvalue weighted by Gasteiger charge is 2.12. The molecule has 2 aromatic rings. The minimum Gasteiger partial charge on any atom is -0.494 e. The van der Waals surface area contributed by atoms with Crippen LogP contribution in [0, 0.1) is 5.92 Å². The van der Waals surface area contributed by atoms with E-state index in [4.69, 9.17) is 4.74 Å². The van der Waals surface area contributed by atoms with E-state index in [9.17, 15) is 9.59 Å². The fourth-order valence-electron chi connectivity index (χ4n) is 2.89. The average molecular weight is 412 g/mol. The molecular formula is C24H33N3O3. The first-order valence-electron chi connectivity index (χ1n) is 10.6. The van der Waals surface area contributed by atoms with E-state index in [1.807, 2.05) is 50.2 Å². The molecule has 6 heteroatoms. The Morgan fingerprint density at radius 1 is 1.00 bits per heavy atom. The molecule has 0 bridgehead atoms. The molecule has 0 aliphatic carbocycles. The van der Waals surface area contributed by atoms with Crippen molar-refractivity contribution in [2.45, 2.75) is 34.1 Å². The molecule has 0 saturated carbocycles. The molecule has 0 heterocycles. The second-order valence-corrected chi connectivity index (χ2v) is 7.52. The standard InChI is InChI=1S/C24H33N3O3/c1-5-27(6-2)24(29)19-10-12-20(13-11-19)25-17-23(28)26-21-8-7-9-22(16-21)30-15-14-18(3)4/h7-13,16,18,25H,5-6,14-15,17H2,1-4H3,(H,26,28). The third kappa shape index (κ3) is 7.43. The fourth-order valence-corrected chi connectivity index (χ4v) is 2.89. The van der Waals surface area contributed by atoms with Gasteiger partial charge in [0.1, 0.15) is 5.75 Å². The molecule has 0 atom stereocenters. The van der Waals surface area contributed by atoms with E-state index >= 15 is 0 Å². The zero-order valence-electron chi connectivity index (χ0n) is 18.4. The van der Waals surface area contributed by atoms with E-state index in [-0.39, 0.29) is 18.4 Å². The van der Waals surface area contributed by atoms with Crippen LogP contribution in [0.3, 0.4) is 0 Å². The summed E-state index contributed by atoms with van der Waals surface area (Å²) in [5.41, 5.74) is 2.12. The molecule has 0 spiro atoms. The van der Waals surface area contributed by atoms with E-state index < -0.39 is 0 Å². The molecule has 2 aromatic carbocycles. The maximum absolute atomic E-state index is 12.3. The molecular weight excluding hydrogens is 378 g/mol. The molecule has 2 amide bonds. The second kappa shape index (κ2) is 11.9. The first kappa shape index (κ1) is 23.3. The molecule has 0 saturated heterocycles. The Labute approximate surface area is 179 Å². The molecule has 0 radical (unpaired) electrons. The van der Waals surface area contributed by atoms with Gasteiger partial charge in [-0.3, -0.25) is 9.59 Å². The first-order chi connectivity index (χ1) is 14.4. The van der Waals surface area contributed by atoms with Crippen molar-refractivity contribution in [3.63, 3.8) is 0 Å². The molecule has 0 aromatic heterocycles. The highest BCUT2D eigenvalue weighted by molar-refractivity contribution is 5.95. The van der Waals surface area contributed by atoms with Crippen molar-refractivity contribution in [3.8, 4) is 5.75 Å².